The molecule has 0 saturated carbocycles. The van der Waals surface area contributed by atoms with E-state index in [9.17, 15) is 75.3 Å². The molecule has 4 heterocycles. The Hall–Kier alpha value is -5.40. The zero-order valence-corrected chi connectivity index (χ0v) is 41.3. The summed E-state index contributed by atoms with van der Waals surface area (Å²) in [5.74, 6) is -6.04. The predicted octanol–water partition coefficient (Wildman–Crippen LogP) is -1.69. The van der Waals surface area contributed by atoms with Crippen molar-refractivity contribution in [2.45, 2.75) is 153 Å². The van der Waals surface area contributed by atoms with Crippen molar-refractivity contribution in [1.29, 1.82) is 0 Å². The number of hydrogen-bond donors (Lipinski definition) is 11. The van der Waals surface area contributed by atoms with Crippen LogP contribution in [0.25, 0.3) is 0 Å². The van der Waals surface area contributed by atoms with Crippen LogP contribution in [0.5, 0.6) is 34.5 Å². The number of rotatable bonds is 16. The summed E-state index contributed by atoms with van der Waals surface area (Å²) in [7, 11) is 0. The molecule has 0 radical (unpaired) electrons. The summed E-state index contributed by atoms with van der Waals surface area (Å²) in [5, 5.41) is 109. The number of para-hydroxylation sites is 2. The second kappa shape index (κ2) is 26.4. The topological polar surface area (TPSA) is 402 Å². The lowest BCUT2D eigenvalue weighted by Gasteiger charge is -2.48. The number of phenols is 4. The second-order valence-corrected chi connectivity index (χ2v) is 18.0. The number of esters is 4. The van der Waals surface area contributed by atoms with Gasteiger partial charge in [0.1, 0.15) is 80.4 Å². The molecular weight excluding hydrogens is 996 g/mol. The van der Waals surface area contributed by atoms with Crippen LogP contribution in [0.3, 0.4) is 0 Å². The summed E-state index contributed by atoms with van der Waals surface area (Å²) in [6.07, 6.45) is -22.8. The summed E-state index contributed by atoms with van der Waals surface area (Å²) in [4.78, 5) is 47.3. The zero-order valence-electron chi connectivity index (χ0n) is 41.3. The van der Waals surface area contributed by atoms with Gasteiger partial charge in [-0.15, -0.1) is 0 Å². The first-order valence-electron chi connectivity index (χ1n) is 23.4. The van der Waals surface area contributed by atoms with Crippen LogP contribution >= 0.6 is 0 Å². The van der Waals surface area contributed by atoms with Gasteiger partial charge in [0.25, 0.3) is 0 Å². The molecule has 4 fully saturated rings. The minimum atomic E-state index is -1.78. The first-order chi connectivity index (χ1) is 34.9. The van der Waals surface area contributed by atoms with E-state index in [1.807, 2.05) is 13.8 Å². The van der Waals surface area contributed by atoms with Crippen LogP contribution < -0.4 is 9.47 Å². The minimum absolute atomic E-state index is 0.00654. The normalized spacial score (nSPS) is 36.0. The Kier molecular flexibility index (Phi) is 21.2. The van der Waals surface area contributed by atoms with Crippen molar-refractivity contribution in [3.8, 4) is 34.5 Å². The van der Waals surface area contributed by atoms with E-state index in [1.165, 1.54) is 64.1 Å². The van der Waals surface area contributed by atoms with Gasteiger partial charge in [0.15, 0.2) is 41.7 Å². The smallest absolute Gasteiger partial charge is 0.303 e. The first-order valence-corrected chi connectivity index (χ1v) is 23.4. The van der Waals surface area contributed by atoms with Gasteiger partial charge < -0.3 is 113 Å². The summed E-state index contributed by atoms with van der Waals surface area (Å²) < 4.78 is 67.5. The Labute approximate surface area is 423 Å². The molecule has 2 aromatic carbocycles. The average molecular weight is 1060 g/mol. The van der Waals surface area contributed by atoms with Crippen molar-refractivity contribution < 1.29 is 132 Å². The summed E-state index contributed by atoms with van der Waals surface area (Å²) in [6, 6.07) is 8.08. The average Bonchev–Trinajstić information content (AvgIpc) is 3.34. The molecule has 2 aromatic rings. The van der Waals surface area contributed by atoms with Gasteiger partial charge in [-0.25, -0.2) is 0 Å². The predicted molar refractivity (Wildman–Crippen MR) is 241 cm³/mol. The number of phenolic OH excluding ortho intramolecular Hbond substituents is 4. The lowest BCUT2D eigenvalue weighted by atomic mass is 9.84. The van der Waals surface area contributed by atoms with Crippen LogP contribution in [0.1, 0.15) is 48.5 Å². The van der Waals surface area contributed by atoms with E-state index >= 15 is 0 Å². The molecule has 0 bridgehead atoms. The lowest BCUT2D eigenvalue weighted by Crippen LogP contribution is -2.65. The minimum Gasteiger partial charge on any atom is -0.504 e. The van der Waals surface area contributed by atoms with Gasteiger partial charge in [0.2, 0.25) is 24.1 Å². The second-order valence-electron chi connectivity index (χ2n) is 18.0. The zero-order chi connectivity index (χ0) is 54.9. The van der Waals surface area contributed by atoms with Crippen molar-refractivity contribution in [2.75, 3.05) is 26.4 Å². The van der Waals surface area contributed by atoms with Gasteiger partial charge in [0, 0.05) is 39.5 Å². The first kappa shape index (κ1) is 59.5. The van der Waals surface area contributed by atoms with Crippen molar-refractivity contribution in [3.05, 3.63) is 36.4 Å². The Balaban J connectivity index is 0.000000288. The van der Waals surface area contributed by atoms with Crippen LogP contribution in [0.15, 0.2) is 36.4 Å². The maximum Gasteiger partial charge on any atom is 0.303 e. The van der Waals surface area contributed by atoms with Gasteiger partial charge in [-0.3, -0.25) is 19.2 Å². The molecule has 27 nitrogen and oxygen atoms in total. The molecule has 416 valence electrons. The highest BCUT2D eigenvalue weighted by atomic mass is 16.8. The third kappa shape index (κ3) is 14.5. The number of benzene rings is 2. The fourth-order valence-corrected chi connectivity index (χ4v) is 8.44. The third-order valence-corrected chi connectivity index (χ3v) is 12.6. The molecule has 4 aliphatic rings. The Morgan fingerprint density at radius 1 is 0.459 bits per heavy atom. The molecule has 0 spiro atoms. The molecule has 27 heteroatoms. The molecule has 4 saturated heterocycles. The van der Waals surface area contributed by atoms with Crippen LogP contribution in [0, 0.1) is 17.8 Å². The monoisotopic (exact) mass is 1060 g/mol. The van der Waals surface area contributed by atoms with Crippen LogP contribution in [-0.2, 0) is 66.5 Å². The van der Waals surface area contributed by atoms with E-state index < -0.39 is 165 Å². The summed E-state index contributed by atoms with van der Waals surface area (Å²) in [6.45, 7) is 8.27. The largest absolute Gasteiger partial charge is 0.504 e. The summed E-state index contributed by atoms with van der Waals surface area (Å²) in [5.41, 5.74) is 0. The standard InChI is InChI=1S/C29H40O14.C18H26O13/c1-13-14(2)28(40-21-10-8-9-20(34)24(21)35)41-22(11-36-16(4)30)25(13)43-29-15(3)26(38-18(6)32)27(39-19(7)33)23(42-29)12-37-17(5)31;19-4-8-11(23)12(24)14(26)18(29-8)31-16-9(5-20)30-17(15(27)13(16)25)28-7-3-1-2-6(21)10(7)22/h8-10,13-15,22-23,25-29,34-35H,11-12H2,1-7H3;1-3,8-9,11-27H,4-5H2/t13-,14-,15-,22-,23-,25+,26-,27+,28-,29+;8-,9-,11+,12+,13-,14-,15-,16-,17-,18+/m11/s1. The van der Waals surface area contributed by atoms with Gasteiger partial charge in [-0.1, -0.05) is 32.9 Å². The molecule has 4 aliphatic heterocycles. The number of aliphatic hydroxyl groups excluding tert-OH is 7. The molecule has 0 unspecified atom stereocenters. The van der Waals surface area contributed by atoms with Crippen molar-refractivity contribution in [2.24, 2.45) is 17.8 Å². The highest BCUT2D eigenvalue weighted by Crippen LogP contribution is 2.42. The quantitative estimate of drug-likeness (QED) is 0.0507. The highest BCUT2D eigenvalue weighted by molar-refractivity contribution is 5.68. The molecular formula is C47H66O27. The van der Waals surface area contributed by atoms with E-state index in [1.54, 1.807) is 6.92 Å². The van der Waals surface area contributed by atoms with Crippen LogP contribution in [0.4, 0.5) is 0 Å². The molecule has 0 aliphatic carbocycles. The molecule has 6 rings (SSSR count). The van der Waals surface area contributed by atoms with Gasteiger partial charge >= 0.3 is 23.9 Å². The molecule has 20 atom stereocenters. The number of aromatic hydroxyl groups is 4. The van der Waals surface area contributed by atoms with E-state index in [4.69, 9.17) is 56.8 Å². The van der Waals surface area contributed by atoms with E-state index in [0.29, 0.717) is 0 Å². The number of carbonyl (C=O) groups is 4. The fourth-order valence-electron chi connectivity index (χ4n) is 8.44. The lowest BCUT2D eigenvalue weighted by molar-refractivity contribution is -0.352. The van der Waals surface area contributed by atoms with Crippen molar-refractivity contribution in [1.82, 2.24) is 0 Å². The van der Waals surface area contributed by atoms with Gasteiger partial charge in [-0.2, -0.15) is 0 Å². The van der Waals surface area contributed by atoms with Crippen molar-refractivity contribution in [3.63, 3.8) is 0 Å². The fraction of sp³-hybridized carbons (Fsp3) is 0.660. The van der Waals surface area contributed by atoms with Crippen LogP contribution in [0.2, 0.25) is 0 Å². The number of ether oxygens (including phenoxy) is 12. The third-order valence-electron chi connectivity index (χ3n) is 12.6. The highest BCUT2D eigenvalue weighted by Gasteiger charge is 2.54. The maximum atomic E-state index is 12.0. The molecule has 74 heavy (non-hydrogen) atoms. The Morgan fingerprint density at radius 2 is 0.905 bits per heavy atom. The van der Waals surface area contributed by atoms with E-state index in [0.717, 1.165) is 0 Å². The SMILES string of the molecule is CC(=O)OC[C@H]1O[C@@H](O[C@H]2[C@H](C)[C@@H](C)[C@H](Oc3cccc(O)c3O)O[C@@H]2COC(C)=O)[C@H](C)[C@@H](OC(C)=O)[C@H]1OC(C)=O.OC[C@H]1O[C@@H](O[C@H]2[C@H](O)[C@@H](O)[C@H](Oc3cccc(O)c3O)O[C@@H]2CO)[C@H](O)[C@@H](O)[C@H]1O. The van der Waals surface area contributed by atoms with Gasteiger partial charge in [0.05, 0.1) is 19.3 Å². The molecule has 0 amide bonds. The Bertz CT molecular complexity index is 2170. The van der Waals surface area contributed by atoms with E-state index in [2.05, 4.69) is 0 Å². The number of aliphatic hydroxyl groups is 7. The van der Waals surface area contributed by atoms with Gasteiger partial charge in [-0.05, 0) is 30.2 Å². The van der Waals surface area contributed by atoms with E-state index in [-0.39, 0.29) is 42.3 Å². The van der Waals surface area contributed by atoms with Crippen molar-refractivity contribution >= 4 is 23.9 Å². The Morgan fingerprint density at radius 3 is 1.42 bits per heavy atom. The maximum absolute atomic E-state index is 12.0. The number of carbonyl (C=O) groups excluding carboxylic acids is 4. The summed E-state index contributed by atoms with van der Waals surface area (Å²) >= 11 is 0. The number of hydrogen-bond acceptors (Lipinski definition) is 27. The molecule has 0 aromatic heterocycles. The molecule has 11 N–H and O–H groups in total. The van der Waals surface area contributed by atoms with Crippen LogP contribution in [-0.4, -0.2) is 211 Å².